The maximum absolute atomic E-state index is 13.5. The number of hydrogen-bond acceptors (Lipinski definition) is 6. The summed E-state index contributed by atoms with van der Waals surface area (Å²) in [4.78, 5) is 50.8. The lowest BCUT2D eigenvalue weighted by atomic mass is 9.87. The van der Waals surface area contributed by atoms with E-state index in [2.05, 4.69) is 20.6 Å². The minimum atomic E-state index is -0.798. The van der Waals surface area contributed by atoms with Crippen LogP contribution in [-0.4, -0.2) is 40.9 Å². The van der Waals surface area contributed by atoms with Crippen LogP contribution in [0.25, 0.3) is 0 Å². The molecule has 2 N–H and O–H groups in total. The Hall–Kier alpha value is -3.53. The molecule has 1 aromatic carbocycles. The summed E-state index contributed by atoms with van der Waals surface area (Å²) >= 11 is 0. The van der Waals surface area contributed by atoms with Crippen molar-refractivity contribution < 1.29 is 28.7 Å². The highest BCUT2D eigenvalue weighted by Crippen LogP contribution is 2.18. The molecular weight excluding hydrogens is 455 g/mol. The number of pyridine rings is 1. The van der Waals surface area contributed by atoms with Gasteiger partial charge in [-0.3, -0.25) is 24.7 Å². The molecule has 0 spiro atoms. The Morgan fingerprint density at radius 1 is 1.17 bits per heavy atom. The standard InChI is InChI=1S/C25H33FN4O5/c1-4-5-11-20(15-30(17-31)34-16-19-9-7-6-8-10-19)24(32)23(18(2)3)29-25(33)28-22-13-12-21(35-26)14-27-22/h6-10,12-14,17-18,20,23H,4-5,11,15-16H2,1-3H3,(H2,27,28,29,33). The van der Waals surface area contributed by atoms with E-state index in [1.165, 1.54) is 12.1 Å². The molecule has 0 bridgehead atoms. The van der Waals surface area contributed by atoms with Crippen LogP contribution >= 0.6 is 0 Å². The van der Waals surface area contributed by atoms with Crippen molar-refractivity contribution in [1.29, 1.82) is 0 Å². The molecule has 1 aromatic heterocycles. The number of amides is 3. The Morgan fingerprint density at radius 2 is 1.91 bits per heavy atom. The number of unbranched alkanes of at least 4 members (excludes halogenated alkanes) is 1. The van der Waals surface area contributed by atoms with Crippen LogP contribution in [0.5, 0.6) is 5.75 Å². The van der Waals surface area contributed by atoms with Gasteiger partial charge in [-0.05, 0) is 30.0 Å². The normalized spacial score (nSPS) is 12.5. The van der Waals surface area contributed by atoms with Crippen LogP contribution in [0.1, 0.15) is 45.6 Å². The third-order valence-corrected chi connectivity index (χ3v) is 5.39. The summed E-state index contributed by atoms with van der Waals surface area (Å²) in [6, 6.07) is 10.7. The van der Waals surface area contributed by atoms with Gasteiger partial charge in [-0.2, -0.15) is 0 Å². The Balaban J connectivity index is 2.05. The minimum absolute atomic E-state index is 0.0773. The molecule has 10 heteroatoms. The molecule has 9 nitrogen and oxygen atoms in total. The predicted molar refractivity (Wildman–Crippen MR) is 129 cm³/mol. The second-order valence-corrected chi connectivity index (χ2v) is 8.48. The first-order chi connectivity index (χ1) is 16.9. The topological polar surface area (TPSA) is 110 Å². The molecule has 0 radical (unpaired) electrons. The molecule has 2 aromatic rings. The summed E-state index contributed by atoms with van der Waals surface area (Å²) in [7, 11) is 0. The number of benzene rings is 1. The van der Waals surface area contributed by atoms with Gasteiger partial charge in [-0.25, -0.2) is 14.8 Å². The number of carbonyl (C=O) groups is 3. The maximum Gasteiger partial charge on any atom is 0.320 e. The van der Waals surface area contributed by atoms with E-state index in [0.717, 1.165) is 29.7 Å². The molecule has 190 valence electrons. The Labute approximate surface area is 204 Å². The number of nitrogens with one attached hydrogen (secondary N) is 2. The fourth-order valence-corrected chi connectivity index (χ4v) is 3.46. The van der Waals surface area contributed by atoms with Gasteiger partial charge in [0.1, 0.15) is 12.4 Å². The van der Waals surface area contributed by atoms with Gasteiger partial charge in [-0.15, -0.1) is 0 Å². The number of Topliss-reactive ketones (excluding diaryl/α,β-unsaturated/α-hetero) is 1. The largest absolute Gasteiger partial charge is 0.328 e. The lowest BCUT2D eigenvalue weighted by Crippen LogP contribution is -2.50. The van der Waals surface area contributed by atoms with Gasteiger partial charge in [-0.1, -0.05) is 63.9 Å². The second kappa shape index (κ2) is 14.7. The number of hydroxylamine groups is 2. The van der Waals surface area contributed by atoms with Gasteiger partial charge in [0.2, 0.25) is 6.41 Å². The predicted octanol–water partition coefficient (Wildman–Crippen LogP) is 4.46. The lowest BCUT2D eigenvalue weighted by molar-refractivity contribution is -0.182. The Bertz CT molecular complexity index is 927. The Morgan fingerprint density at radius 3 is 2.49 bits per heavy atom. The molecule has 0 fully saturated rings. The maximum atomic E-state index is 13.5. The number of carbonyl (C=O) groups excluding carboxylic acids is 3. The second-order valence-electron chi connectivity index (χ2n) is 8.48. The summed E-state index contributed by atoms with van der Waals surface area (Å²) in [6.45, 7) is 5.95. The van der Waals surface area contributed by atoms with Gasteiger partial charge in [0, 0.05) is 10.4 Å². The number of hydrogen-bond donors (Lipinski definition) is 2. The van der Waals surface area contributed by atoms with Crippen molar-refractivity contribution in [2.45, 2.75) is 52.7 Å². The van der Waals surface area contributed by atoms with Crippen molar-refractivity contribution in [3.8, 4) is 5.75 Å². The first-order valence-electron chi connectivity index (χ1n) is 11.6. The highest BCUT2D eigenvalue weighted by Gasteiger charge is 2.31. The molecule has 0 aliphatic heterocycles. The van der Waals surface area contributed by atoms with E-state index < -0.39 is 18.0 Å². The average molecular weight is 489 g/mol. The monoisotopic (exact) mass is 488 g/mol. The zero-order valence-electron chi connectivity index (χ0n) is 20.3. The van der Waals surface area contributed by atoms with Gasteiger partial charge in [0.05, 0.1) is 18.8 Å². The van der Waals surface area contributed by atoms with Crippen LogP contribution in [-0.2, 0) is 21.0 Å². The van der Waals surface area contributed by atoms with Crippen LogP contribution in [0.2, 0.25) is 0 Å². The van der Waals surface area contributed by atoms with Crippen molar-refractivity contribution in [3.05, 3.63) is 54.2 Å². The number of aromatic nitrogens is 1. The SMILES string of the molecule is CCCCC(CN(C=O)OCc1ccccc1)C(=O)C(NC(=O)Nc1ccc(OF)cn1)C(C)C. The highest BCUT2D eigenvalue weighted by atomic mass is 19.3. The van der Waals surface area contributed by atoms with Crippen LogP contribution in [0, 0.1) is 11.8 Å². The molecule has 2 atom stereocenters. The number of urea groups is 1. The van der Waals surface area contributed by atoms with Gasteiger partial charge >= 0.3 is 6.03 Å². The van der Waals surface area contributed by atoms with E-state index >= 15 is 0 Å². The van der Waals surface area contributed by atoms with Crippen LogP contribution in [0.3, 0.4) is 0 Å². The van der Waals surface area contributed by atoms with E-state index in [1.54, 1.807) is 0 Å². The first-order valence-corrected chi connectivity index (χ1v) is 11.6. The Kier molecular flexibility index (Phi) is 11.6. The molecule has 0 aliphatic rings. The number of halogens is 1. The highest BCUT2D eigenvalue weighted by molar-refractivity contribution is 5.95. The van der Waals surface area contributed by atoms with Crippen molar-refractivity contribution in [1.82, 2.24) is 15.4 Å². The van der Waals surface area contributed by atoms with Crippen LogP contribution in [0.4, 0.5) is 15.1 Å². The number of rotatable bonds is 15. The third-order valence-electron chi connectivity index (χ3n) is 5.39. The molecular formula is C25H33FN4O5. The van der Waals surface area contributed by atoms with E-state index in [9.17, 15) is 18.9 Å². The van der Waals surface area contributed by atoms with Crippen molar-refractivity contribution >= 4 is 24.0 Å². The van der Waals surface area contributed by atoms with Crippen molar-refractivity contribution in [2.75, 3.05) is 11.9 Å². The minimum Gasteiger partial charge on any atom is -0.328 e. The van der Waals surface area contributed by atoms with Gasteiger partial charge in [0.15, 0.2) is 11.5 Å². The summed E-state index contributed by atoms with van der Waals surface area (Å²) in [5.74, 6) is -0.848. The smallest absolute Gasteiger partial charge is 0.320 e. The van der Waals surface area contributed by atoms with E-state index in [4.69, 9.17) is 4.84 Å². The van der Waals surface area contributed by atoms with E-state index in [1.807, 2.05) is 51.1 Å². The first kappa shape index (κ1) is 27.7. The fourth-order valence-electron chi connectivity index (χ4n) is 3.46. The van der Waals surface area contributed by atoms with Gasteiger partial charge < -0.3 is 5.32 Å². The zero-order valence-corrected chi connectivity index (χ0v) is 20.3. The number of anilines is 1. The molecule has 0 aliphatic carbocycles. The average Bonchev–Trinajstić information content (AvgIpc) is 2.87. The van der Waals surface area contributed by atoms with Crippen LogP contribution < -0.4 is 15.6 Å². The van der Waals surface area contributed by atoms with Crippen molar-refractivity contribution in [3.63, 3.8) is 0 Å². The van der Waals surface area contributed by atoms with E-state index in [-0.39, 0.29) is 36.4 Å². The molecule has 1 heterocycles. The molecule has 2 rings (SSSR count). The fraction of sp³-hybridized carbons (Fsp3) is 0.440. The van der Waals surface area contributed by atoms with E-state index in [0.29, 0.717) is 12.8 Å². The quantitative estimate of drug-likeness (QED) is 0.283. The summed E-state index contributed by atoms with van der Waals surface area (Å²) in [5, 5.41) is 6.37. The summed E-state index contributed by atoms with van der Waals surface area (Å²) in [6.07, 6.45) is 3.89. The molecule has 0 saturated carbocycles. The summed E-state index contributed by atoms with van der Waals surface area (Å²) in [5.41, 5.74) is 0.897. The third kappa shape index (κ3) is 9.32. The zero-order chi connectivity index (χ0) is 25.6. The van der Waals surface area contributed by atoms with Crippen LogP contribution in [0.15, 0.2) is 48.7 Å². The molecule has 35 heavy (non-hydrogen) atoms. The molecule has 2 unspecified atom stereocenters. The van der Waals surface area contributed by atoms with Gasteiger partial charge in [0.25, 0.3) is 0 Å². The number of nitrogens with zero attached hydrogens (tertiary/aromatic N) is 2. The number of ketones is 1. The molecule has 0 saturated heterocycles. The molecule has 3 amide bonds. The lowest BCUT2D eigenvalue weighted by Gasteiger charge is -2.28. The summed E-state index contributed by atoms with van der Waals surface area (Å²) < 4.78 is 12.2. The van der Waals surface area contributed by atoms with Crippen molar-refractivity contribution in [2.24, 2.45) is 11.8 Å².